The fourth-order valence-corrected chi connectivity index (χ4v) is 0.995. The maximum Gasteiger partial charge on any atom is 0.126 e. The van der Waals surface area contributed by atoms with Crippen molar-refractivity contribution in [3.05, 3.63) is 40.8 Å². The van der Waals surface area contributed by atoms with Crippen molar-refractivity contribution in [2.75, 3.05) is 7.11 Å². The molecule has 0 bridgehead atoms. The van der Waals surface area contributed by atoms with E-state index >= 15 is 0 Å². The summed E-state index contributed by atoms with van der Waals surface area (Å²) in [6.07, 6.45) is 1.65. The van der Waals surface area contributed by atoms with Crippen molar-refractivity contribution in [1.29, 1.82) is 0 Å². The van der Waals surface area contributed by atoms with Crippen LogP contribution >= 0.6 is 0 Å². The first-order valence-electron chi connectivity index (χ1n) is 3.67. The van der Waals surface area contributed by atoms with E-state index in [0.717, 1.165) is 5.56 Å². The fraction of sp³-hybridized carbons (Fsp3) is 0.111. The number of ether oxygens (including phenoxy) is 1. The molecule has 1 aromatic carbocycles. The van der Waals surface area contributed by atoms with Crippen molar-refractivity contribution in [1.82, 2.24) is 0 Å². The van der Waals surface area contributed by atoms with Crippen LogP contribution < -0.4 is 4.74 Å². The first-order valence-corrected chi connectivity index (χ1v) is 3.67. The zero-order chi connectivity index (χ0) is 9.68. The third kappa shape index (κ3) is 2.01. The van der Waals surface area contributed by atoms with E-state index < -0.39 is 0 Å². The van der Waals surface area contributed by atoms with E-state index in [4.69, 9.17) is 10.3 Å². The average Bonchev–Trinajstić information content (AvgIpc) is 2.18. The molecule has 0 N–H and O–H groups in total. The highest BCUT2D eigenvalue weighted by atomic mass is 16.5. The number of hydrogen-bond acceptors (Lipinski definition) is 2. The highest BCUT2D eigenvalue weighted by molar-refractivity contribution is 5.61. The van der Waals surface area contributed by atoms with Gasteiger partial charge in [0, 0.05) is 16.2 Å². The van der Waals surface area contributed by atoms with E-state index in [0.29, 0.717) is 11.4 Å². The Hall–Kier alpha value is -1.93. The zero-order valence-electron chi connectivity index (χ0n) is 7.27. The number of rotatable bonds is 3. The Morgan fingerprint density at radius 1 is 1.62 bits per heavy atom. The molecule has 0 saturated carbocycles. The molecule has 0 fully saturated rings. The molecule has 4 heteroatoms. The second-order valence-corrected chi connectivity index (χ2v) is 2.32. The van der Waals surface area contributed by atoms with Gasteiger partial charge in [0.1, 0.15) is 5.75 Å². The molecule has 66 valence electrons. The molecule has 0 radical (unpaired) electrons. The standard InChI is InChI=1S/C9H9N3O/c1-3-7-6-8(11-12-10)4-5-9(7)13-2/h3-6H,1H2,2H3. The maximum atomic E-state index is 8.21. The Morgan fingerprint density at radius 2 is 2.38 bits per heavy atom. The van der Waals surface area contributed by atoms with Crippen LogP contribution in [-0.2, 0) is 0 Å². The van der Waals surface area contributed by atoms with E-state index in [-0.39, 0.29) is 0 Å². The summed E-state index contributed by atoms with van der Waals surface area (Å²) in [5, 5.41) is 3.47. The van der Waals surface area contributed by atoms with Crippen molar-refractivity contribution in [3.63, 3.8) is 0 Å². The normalized spacial score (nSPS) is 8.69. The third-order valence-corrected chi connectivity index (χ3v) is 1.59. The summed E-state index contributed by atoms with van der Waals surface area (Å²) in [6, 6.07) is 5.14. The number of azide groups is 1. The summed E-state index contributed by atoms with van der Waals surface area (Å²) in [5.74, 6) is 0.715. The lowest BCUT2D eigenvalue weighted by Crippen LogP contribution is -1.85. The largest absolute Gasteiger partial charge is 0.496 e. The topological polar surface area (TPSA) is 58.0 Å². The van der Waals surface area contributed by atoms with Gasteiger partial charge in [-0.25, -0.2) is 0 Å². The summed E-state index contributed by atoms with van der Waals surface area (Å²) >= 11 is 0. The van der Waals surface area contributed by atoms with Gasteiger partial charge >= 0.3 is 0 Å². The second-order valence-electron chi connectivity index (χ2n) is 2.32. The Balaban J connectivity index is 3.19. The van der Waals surface area contributed by atoms with Crippen molar-refractivity contribution in [3.8, 4) is 5.75 Å². The van der Waals surface area contributed by atoms with E-state index in [2.05, 4.69) is 16.6 Å². The lowest BCUT2D eigenvalue weighted by Gasteiger charge is -2.04. The second kappa shape index (κ2) is 4.18. The quantitative estimate of drug-likeness (QED) is 0.395. The molecule has 0 saturated heterocycles. The molecule has 1 aromatic rings. The van der Waals surface area contributed by atoms with Crippen LogP contribution in [-0.4, -0.2) is 7.11 Å². The van der Waals surface area contributed by atoms with Gasteiger partial charge in [-0.1, -0.05) is 17.8 Å². The van der Waals surface area contributed by atoms with Crippen molar-refractivity contribution < 1.29 is 4.74 Å². The minimum absolute atomic E-state index is 0.554. The number of benzene rings is 1. The Kier molecular flexibility index (Phi) is 2.95. The van der Waals surface area contributed by atoms with Gasteiger partial charge in [-0.3, -0.25) is 0 Å². The van der Waals surface area contributed by atoms with Crippen LogP contribution in [0.4, 0.5) is 5.69 Å². The molecule has 0 unspecified atom stereocenters. The molecular formula is C9H9N3O. The summed E-state index contributed by atoms with van der Waals surface area (Å²) < 4.78 is 5.06. The highest BCUT2D eigenvalue weighted by Crippen LogP contribution is 2.24. The number of nitrogens with zero attached hydrogens (tertiary/aromatic N) is 3. The minimum Gasteiger partial charge on any atom is -0.496 e. The summed E-state index contributed by atoms with van der Waals surface area (Å²) in [6.45, 7) is 3.63. The molecule has 0 heterocycles. The van der Waals surface area contributed by atoms with Gasteiger partial charge in [0.2, 0.25) is 0 Å². The van der Waals surface area contributed by atoms with Gasteiger partial charge in [0.25, 0.3) is 0 Å². The summed E-state index contributed by atoms with van der Waals surface area (Å²) in [4.78, 5) is 2.69. The van der Waals surface area contributed by atoms with Crippen LogP contribution in [0.25, 0.3) is 16.5 Å². The Bertz CT molecular complexity index is 367. The molecule has 0 amide bonds. The van der Waals surface area contributed by atoms with Gasteiger partial charge in [0.15, 0.2) is 0 Å². The molecule has 0 aliphatic heterocycles. The van der Waals surface area contributed by atoms with Crippen LogP contribution in [0, 0.1) is 0 Å². The van der Waals surface area contributed by atoms with Crippen LogP contribution in [0.15, 0.2) is 29.9 Å². The Morgan fingerprint density at radius 3 is 2.92 bits per heavy atom. The molecule has 0 atom stereocenters. The van der Waals surface area contributed by atoms with Gasteiger partial charge in [-0.05, 0) is 23.7 Å². The predicted octanol–water partition coefficient (Wildman–Crippen LogP) is 3.28. The molecule has 0 aliphatic carbocycles. The van der Waals surface area contributed by atoms with Crippen LogP contribution in [0.5, 0.6) is 5.75 Å². The van der Waals surface area contributed by atoms with Crippen LogP contribution in [0.1, 0.15) is 5.56 Å². The minimum atomic E-state index is 0.554. The number of hydrogen-bond donors (Lipinski definition) is 0. The third-order valence-electron chi connectivity index (χ3n) is 1.59. The molecular weight excluding hydrogens is 166 g/mol. The lowest BCUT2D eigenvalue weighted by molar-refractivity contribution is 0.414. The summed E-state index contributed by atoms with van der Waals surface area (Å²) in [5.41, 5.74) is 9.58. The molecule has 0 spiro atoms. The van der Waals surface area contributed by atoms with E-state index in [1.54, 1.807) is 31.4 Å². The molecule has 13 heavy (non-hydrogen) atoms. The molecule has 0 aliphatic rings. The van der Waals surface area contributed by atoms with Gasteiger partial charge in [0.05, 0.1) is 7.11 Å². The number of methoxy groups -OCH3 is 1. The predicted molar refractivity (Wildman–Crippen MR) is 51.9 cm³/mol. The molecule has 1 rings (SSSR count). The van der Waals surface area contributed by atoms with Crippen molar-refractivity contribution >= 4 is 11.8 Å². The fourth-order valence-electron chi connectivity index (χ4n) is 0.995. The van der Waals surface area contributed by atoms with E-state index in [1.165, 1.54) is 0 Å². The zero-order valence-corrected chi connectivity index (χ0v) is 7.27. The van der Waals surface area contributed by atoms with E-state index in [9.17, 15) is 0 Å². The van der Waals surface area contributed by atoms with E-state index in [1.807, 2.05) is 0 Å². The first kappa shape index (κ1) is 9.16. The van der Waals surface area contributed by atoms with Crippen LogP contribution in [0.3, 0.4) is 0 Å². The van der Waals surface area contributed by atoms with Gasteiger partial charge < -0.3 is 4.74 Å². The van der Waals surface area contributed by atoms with Gasteiger partial charge in [-0.15, -0.1) is 0 Å². The average molecular weight is 175 g/mol. The van der Waals surface area contributed by atoms with Crippen LogP contribution in [0.2, 0.25) is 0 Å². The van der Waals surface area contributed by atoms with Crippen molar-refractivity contribution in [2.45, 2.75) is 0 Å². The maximum absolute atomic E-state index is 8.21. The lowest BCUT2D eigenvalue weighted by atomic mass is 10.2. The highest BCUT2D eigenvalue weighted by Gasteiger charge is 1.98. The van der Waals surface area contributed by atoms with Crippen molar-refractivity contribution in [2.24, 2.45) is 5.11 Å². The SMILES string of the molecule is C=Cc1cc(N=[N+]=[N-])ccc1OC. The molecule has 4 nitrogen and oxygen atoms in total. The summed E-state index contributed by atoms with van der Waals surface area (Å²) in [7, 11) is 1.58. The van der Waals surface area contributed by atoms with Gasteiger partial charge in [-0.2, -0.15) is 0 Å². The Labute approximate surface area is 76.1 Å². The molecule has 0 aromatic heterocycles. The monoisotopic (exact) mass is 175 g/mol. The smallest absolute Gasteiger partial charge is 0.126 e. The first-order chi connectivity index (χ1) is 6.31.